The second-order valence-electron chi connectivity index (χ2n) is 5.18. The molecule has 0 radical (unpaired) electrons. The topological polar surface area (TPSA) is 63.4 Å². The lowest BCUT2D eigenvalue weighted by Gasteiger charge is -2.32. The van der Waals surface area contributed by atoms with Gasteiger partial charge >= 0.3 is 0 Å². The van der Waals surface area contributed by atoms with Gasteiger partial charge in [-0.2, -0.15) is 0 Å². The summed E-state index contributed by atoms with van der Waals surface area (Å²) in [5.74, 6) is 0.143. The summed E-state index contributed by atoms with van der Waals surface area (Å²) in [6, 6.07) is 7.99. The van der Waals surface area contributed by atoms with E-state index in [-0.39, 0.29) is 17.8 Å². The van der Waals surface area contributed by atoms with Crippen molar-refractivity contribution in [3.8, 4) is 0 Å². The third-order valence-electron chi connectivity index (χ3n) is 3.36. The maximum atomic E-state index is 11.3. The van der Waals surface area contributed by atoms with E-state index in [4.69, 9.17) is 5.73 Å². The summed E-state index contributed by atoms with van der Waals surface area (Å²) in [7, 11) is -1.04. The molecule has 1 aromatic carbocycles. The molecule has 114 valence electrons. The Hall–Kier alpha value is -0.430. The lowest BCUT2D eigenvalue weighted by atomic mass is 9.97. The molecule has 0 saturated carbocycles. The van der Waals surface area contributed by atoms with E-state index in [1.807, 2.05) is 43.1 Å². The van der Waals surface area contributed by atoms with Crippen LogP contribution >= 0.6 is 15.9 Å². The number of likely N-dealkylation sites (N-methyl/N-ethyl adjacent to an activating group) is 1. The van der Waals surface area contributed by atoms with E-state index in [1.54, 1.807) is 0 Å². The Morgan fingerprint density at radius 3 is 2.55 bits per heavy atom. The number of nitrogens with two attached hydrogens (primary N) is 1. The molecule has 2 atom stereocenters. The van der Waals surface area contributed by atoms with Crippen LogP contribution < -0.4 is 5.73 Å². The van der Waals surface area contributed by atoms with E-state index in [9.17, 15) is 8.42 Å². The van der Waals surface area contributed by atoms with Crippen LogP contribution in [0.15, 0.2) is 28.7 Å². The fraction of sp³-hybridized carbons (Fsp3) is 0.571. The summed E-state index contributed by atoms with van der Waals surface area (Å²) in [5, 5.41) is 0. The minimum Gasteiger partial charge on any atom is -0.326 e. The molecule has 0 amide bonds. The minimum absolute atomic E-state index is 0.0132. The van der Waals surface area contributed by atoms with Crippen LogP contribution in [0.3, 0.4) is 0 Å². The van der Waals surface area contributed by atoms with Crippen LogP contribution in [0.2, 0.25) is 0 Å². The Labute approximate surface area is 130 Å². The first-order valence-electron chi connectivity index (χ1n) is 6.63. The Morgan fingerprint density at radius 1 is 1.40 bits per heavy atom. The third kappa shape index (κ3) is 5.52. The number of halogens is 1. The molecule has 0 heterocycles. The monoisotopic (exact) mass is 362 g/mol. The lowest BCUT2D eigenvalue weighted by Crippen LogP contribution is -2.40. The second kappa shape index (κ2) is 7.54. The summed E-state index contributed by atoms with van der Waals surface area (Å²) in [6.45, 7) is 2.52. The molecule has 20 heavy (non-hydrogen) atoms. The molecule has 0 aliphatic carbocycles. The Morgan fingerprint density at radius 2 is 2.05 bits per heavy atom. The van der Waals surface area contributed by atoms with E-state index >= 15 is 0 Å². The molecule has 0 aliphatic heterocycles. The molecule has 0 aliphatic rings. The molecule has 0 spiro atoms. The highest BCUT2D eigenvalue weighted by molar-refractivity contribution is 9.10. The summed E-state index contributed by atoms with van der Waals surface area (Å²) in [5.41, 5.74) is 7.33. The van der Waals surface area contributed by atoms with Crippen molar-refractivity contribution in [2.45, 2.75) is 25.4 Å². The van der Waals surface area contributed by atoms with Crippen molar-refractivity contribution < 1.29 is 8.42 Å². The highest BCUT2D eigenvalue weighted by Crippen LogP contribution is 2.26. The molecule has 4 nitrogen and oxygen atoms in total. The van der Waals surface area contributed by atoms with Crippen LogP contribution in [-0.4, -0.2) is 45.0 Å². The minimum atomic E-state index is -2.97. The van der Waals surface area contributed by atoms with E-state index in [0.29, 0.717) is 6.54 Å². The first-order chi connectivity index (χ1) is 9.24. The summed E-state index contributed by atoms with van der Waals surface area (Å²) in [6.07, 6.45) is 2.09. The molecule has 0 fully saturated rings. The maximum Gasteiger partial charge on any atom is 0.148 e. The number of hydrogen-bond donors (Lipinski definition) is 1. The van der Waals surface area contributed by atoms with Crippen molar-refractivity contribution in [3.63, 3.8) is 0 Å². The van der Waals surface area contributed by atoms with Gasteiger partial charge in [-0.25, -0.2) is 8.42 Å². The first kappa shape index (κ1) is 17.6. The van der Waals surface area contributed by atoms with E-state index in [0.717, 1.165) is 16.5 Å². The number of hydrogen-bond acceptors (Lipinski definition) is 4. The van der Waals surface area contributed by atoms with Crippen LogP contribution in [-0.2, 0) is 9.84 Å². The van der Waals surface area contributed by atoms with Gasteiger partial charge in [-0.3, -0.25) is 4.90 Å². The van der Waals surface area contributed by atoms with E-state index in [2.05, 4.69) is 15.9 Å². The molecular weight excluding hydrogens is 340 g/mol. The van der Waals surface area contributed by atoms with Crippen molar-refractivity contribution in [1.29, 1.82) is 0 Å². The molecule has 0 saturated heterocycles. The van der Waals surface area contributed by atoms with Gasteiger partial charge < -0.3 is 5.73 Å². The van der Waals surface area contributed by atoms with Gasteiger partial charge in [0.15, 0.2) is 0 Å². The normalized spacial score (nSPS) is 15.3. The molecule has 1 aromatic rings. The van der Waals surface area contributed by atoms with Gasteiger partial charge in [0.2, 0.25) is 0 Å². The zero-order valence-corrected chi connectivity index (χ0v) is 14.6. The largest absolute Gasteiger partial charge is 0.326 e. The van der Waals surface area contributed by atoms with E-state index in [1.165, 1.54) is 6.26 Å². The summed E-state index contributed by atoms with van der Waals surface area (Å²) < 4.78 is 23.6. The van der Waals surface area contributed by atoms with Gasteiger partial charge in [0.05, 0.1) is 5.75 Å². The van der Waals surface area contributed by atoms with Crippen LogP contribution in [0.25, 0.3) is 0 Å². The molecule has 2 unspecified atom stereocenters. The molecule has 0 bridgehead atoms. The SMILES string of the molecule is CCC(N)C(c1cccc(Br)c1)N(C)CCS(C)(=O)=O. The molecular formula is C14H23BrN2O2S. The third-order valence-corrected chi connectivity index (χ3v) is 4.77. The highest BCUT2D eigenvalue weighted by atomic mass is 79.9. The van der Waals surface area contributed by atoms with Gasteiger partial charge in [-0.1, -0.05) is 35.0 Å². The predicted molar refractivity (Wildman–Crippen MR) is 87.5 cm³/mol. The number of sulfone groups is 1. The van der Waals surface area contributed by atoms with Crippen LogP contribution in [0, 0.1) is 0 Å². The summed E-state index contributed by atoms with van der Waals surface area (Å²) >= 11 is 3.47. The van der Waals surface area contributed by atoms with Crippen LogP contribution in [0.1, 0.15) is 24.9 Å². The fourth-order valence-corrected chi connectivity index (χ4v) is 3.23. The van der Waals surface area contributed by atoms with Crippen molar-refractivity contribution in [2.75, 3.05) is 25.6 Å². The highest BCUT2D eigenvalue weighted by Gasteiger charge is 2.23. The predicted octanol–water partition coefficient (Wildman–Crippen LogP) is 2.20. The summed E-state index contributed by atoms with van der Waals surface area (Å²) in [4.78, 5) is 2.02. The van der Waals surface area contributed by atoms with Gasteiger partial charge in [-0.15, -0.1) is 0 Å². The van der Waals surface area contributed by atoms with E-state index < -0.39 is 9.84 Å². The fourth-order valence-electron chi connectivity index (χ4n) is 2.19. The Kier molecular flexibility index (Phi) is 6.64. The van der Waals surface area contributed by atoms with Gasteiger partial charge in [0.25, 0.3) is 0 Å². The zero-order chi connectivity index (χ0) is 15.3. The maximum absolute atomic E-state index is 11.3. The van der Waals surface area contributed by atoms with Crippen molar-refractivity contribution >= 4 is 25.8 Å². The number of benzene rings is 1. The number of rotatable bonds is 7. The molecule has 2 N–H and O–H groups in total. The van der Waals surface area contributed by atoms with Crippen molar-refractivity contribution in [2.24, 2.45) is 5.73 Å². The molecule has 0 aromatic heterocycles. The molecule has 1 rings (SSSR count). The van der Waals surface area contributed by atoms with Crippen molar-refractivity contribution in [1.82, 2.24) is 4.90 Å². The van der Waals surface area contributed by atoms with Crippen molar-refractivity contribution in [3.05, 3.63) is 34.3 Å². The Bertz CT molecular complexity index is 534. The molecule has 6 heteroatoms. The van der Waals surface area contributed by atoms with Gasteiger partial charge in [-0.05, 0) is 31.2 Å². The van der Waals surface area contributed by atoms with Gasteiger partial charge in [0, 0.05) is 29.4 Å². The van der Waals surface area contributed by atoms with Gasteiger partial charge in [0.1, 0.15) is 9.84 Å². The average molecular weight is 363 g/mol. The van der Waals surface area contributed by atoms with Crippen LogP contribution in [0.4, 0.5) is 0 Å². The second-order valence-corrected chi connectivity index (χ2v) is 8.36. The smallest absolute Gasteiger partial charge is 0.148 e. The Balaban J connectivity index is 2.95. The quantitative estimate of drug-likeness (QED) is 0.807. The number of nitrogens with zero attached hydrogens (tertiary/aromatic N) is 1. The lowest BCUT2D eigenvalue weighted by molar-refractivity contribution is 0.220. The average Bonchev–Trinajstić information content (AvgIpc) is 2.35. The van der Waals surface area contributed by atoms with Crippen LogP contribution in [0.5, 0.6) is 0 Å². The standard InChI is InChI=1S/C14H23BrN2O2S/c1-4-13(16)14(11-6-5-7-12(15)10-11)17(2)8-9-20(3,18)19/h5-7,10,13-14H,4,8-9,16H2,1-3H3. The first-order valence-corrected chi connectivity index (χ1v) is 9.49. The zero-order valence-electron chi connectivity index (χ0n) is 12.2.